The molecule has 120 valence electrons. The van der Waals surface area contributed by atoms with Gasteiger partial charge in [-0.3, -0.25) is 14.4 Å². The summed E-state index contributed by atoms with van der Waals surface area (Å²) in [5, 5.41) is 4.49. The Hall–Kier alpha value is -2.89. The predicted octanol–water partition coefficient (Wildman–Crippen LogP) is 1.38. The Balaban J connectivity index is 2.10. The van der Waals surface area contributed by atoms with Crippen molar-refractivity contribution in [2.24, 2.45) is 5.73 Å². The van der Waals surface area contributed by atoms with Gasteiger partial charge in [0.05, 0.1) is 7.11 Å². The van der Waals surface area contributed by atoms with Gasteiger partial charge in [-0.15, -0.1) is 0 Å². The minimum atomic E-state index is -0.923. The number of nitrogens with one attached hydrogen (secondary N) is 1. The predicted molar refractivity (Wildman–Crippen MR) is 85.6 cm³/mol. The molecule has 1 atom stereocenters. The van der Waals surface area contributed by atoms with Crippen LogP contribution >= 0.6 is 0 Å². The first kappa shape index (κ1) is 16.5. The standard InChI is InChI=1S/C17H18N2O4/c1-23-15(20)9-8-14(16(18)21)19-17(22)13-7-6-11-4-2-3-5-12(11)10-13/h2-7,10,14H,8-9H2,1H3,(H2,18,21)(H,19,22)/t14-/m1/s1. The fourth-order valence-corrected chi connectivity index (χ4v) is 2.22. The topological polar surface area (TPSA) is 98.5 Å². The number of ether oxygens (including phenoxy) is 1. The second kappa shape index (κ2) is 7.40. The minimum Gasteiger partial charge on any atom is -0.469 e. The van der Waals surface area contributed by atoms with Gasteiger partial charge in [0.2, 0.25) is 5.91 Å². The maximum atomic E-state index is 12.3. The number of hydrogen-bond donors (Lipinski definition) is 2. The average molecular weight is 314 g/mol. The zero-order valence-corrected chi connectivity index (χ0v) is 12.7. The first-order chi connectivity index (χ1) is 11.0. The number of amides is 2. The van der Waals surface area contributed by atoms with Crippen molar-refractivity contribution in [2.75, 3.05) is 7.11 Å². The van der Waals surface area contributed by atoms with Gasteiger partial charge < -0.3 is 15.8 Å². The van der Waals surface area contributed by atoms with E-state index < -0.39 is 23.8 Å². The molecule has 0 radical (unpaired) electrons. The highest BCUT2D eigenvalue weighted by molar-refractivity contribution is 6.00. The van der Waals surface area contributed by atoms with E-state index in [2.05, 4.69) is 10.1 Å². The molecule has 0 spiro atoms. The first-order valence-electron chi connectivity index (χ1n) is 7.17. The third-order valence-electron chi connectivity index (χ3n) is 3.53. The normalized spacial score (nSPS) is 11.7. The van der Waals surface area contributed by atoms with Crippen molar-refractivity contribution >= 4 is 28.6 Å². The molecule has 0 aliphatic heterocycles. The number of methoxy groups -OCH3 is 1. The molecule has 23 heavy (non-hydrogen) atoms. The number of benzene rings is 2. The summed E-state index contributed by atoms with van der Waals surface area (Å²) in [6.07, 6.45) is 0.101. The third-order valence-corrected chi connectivity index (χ3v) is 3.53. The van der Waals surface area contributed by atoms with Crippen molar-refractivity contribution in [1.29, 1.82) is 0 Å². The van der Waals surface area contributed by atoms with Gasteiger partial charge in [-0.05, 0) is 29.3 Å². The lowest BCUT2D eigenvalue weighted by molar-refractivity contribution is -0.140. The van der Waals surface area contributed by atoms with E-state index in [1.54, 1.807) is 12.1 Å². The second-order valence-electron chi connectivity index (χ2n) is 5.11. The molecule has 0 saturated heterocycles. The van der Waals surface area contributed by atoms with Crippen LogP contribution in [-0.2, 0) is 14.3 Å². The van der Waals surface area contributed by atoms with Crippen LogP contribution in [0, 0.1) is 0 Å². The van der Waals surface area contributed by atoms with E-state index in [0.717, 1.165) is 10.8 Å². The van der Waals surface area contributed by atoms with Crippen LogP contribution in [0.3, 0.4) is 0 Å². The summed E-state index contributed by atoms with van der Waals surface area (Å²) in [7, 11) is 1.26. The highest BCUT2D eigenvalue weighted by atomic mass is 16.5. The largest absolute Gasteiger partial charge is 0.469 e. The Morgan fingerprint density at radius 2 is 1.83 bits per heavy atom. The van der Waals surface area contributed by atoms with Gasteiger partial charge in [0.25, 0.3) is 5.91 Å². The number of carbonyl (C=O) groups excluding carboxylic acids is 3. The van der Waals surface area contributed by atoms with Gasteiger partial charge in [-0.1, -0.05) is 30.3 Å². The van der Waals surface area contributed by atoms with Crippen LogP contribution in [0.4, 0.5) is 0 Å². The summed E-state index contributed by atoms with van der Waals surface area (Å²) < 4.78 is 4.51. The molecule has 0 saturated carbocycles. The monoisotopic (exact) mass is 314 g/mol. The highest BCUT2D eigenvalue weighted by Gasteiger charge is 2.20. The molecule has 6 heteroatoms. The molecule has 0 heterocycles. The first-order valence-corrected chi connectivity index (χ1v) is 7.17. The van der Waals surface area contributed by atoms with Crippen LogP contribution in [0.5, 0.6) is 0 Å². The van der Waals surface area contributed by atoms with Crippen molar-refractivity contribution in [3.05, 3.63) is 48.0 Å². The lowest BCUT2D eigenvalue weighted by Gasteiger charge is -2.15. The number of esters is 1. The van der Waals surface area contributed by atoms with E-state index in [4.69, 9.17) is 5.73 Å². The summed E-state index contributed by atoms with van der Waals surface area (Å²) in [6.45, 7) is 0. The number of hydrogen-bond acceptors (Lipinski definition) is 4. The van der Waals surface area contributed by atoms with Gasteiger partial charge in [0.1, 0.15) is 6.04 Å². The SMILES string of the molecule is COC(=O)CC[C@@H](NC(=O)c1ccc2ccccc2c1)C(N)=O. The molecular weight excluding hydrogens is 296 g/mol. The summed E-state index contributed by atoms with van der Waals surface area (Å²) in [6, 6.07) is 12.0. The zero-order valence-electron chi connectivity index (χ0n) is 12.7. The molecule has 2 rings (SSSR count). The zero-order chi connectivity index (χ0) is 16.8. The summed E-state index contributed by atoms with van der Waals surface area (Å²) in [4.78, 5) is 34.9. The lowest BCUT2D eigenvalue weighted by atomic mass is 10.1. The summed E-state index contributed by atoms with van der Waals surface area (Å²) >= 11 is 0. The molecule has 2 aromatic carbocycles. The Labute approximate surface area is 133 Å². The molecule has 0 unspecified atom stereocenters. The van der Waals surface area contributed by atoms with Crippen molar-refractivity contribution in [1.82, 2.24) is 5.32 Å². The van der Waals surface area contributed by atoms with E-state index >= 15 is 0 Å². The molecule has 0 aliphatic rings. The number of carbonyl (C=O) groups is 3. The van der Waals surface area contributed by atoms with Crippen LogP contribution in [0.1, 0.15) is 23.2 Å². The number of rotatable bonds is 6. The summed E-state index contributed by atoms with van der Waals surface area (Å²) in [5.41, 5.74) is 5.70. The molecule has 2 aromatic rings. The van der Waals surface area contributed by atoms with Gasteiger partial charge >= 0.3 is 5.97 Å². The Kier molecular flexibility index (Phi) is 5.30. The second-order valence-corrected chi connectivity index (χ2v) is 5.11. The van der Waals surface area contributed by atoms with Crippen molar-refractivity contribution in [3.8, 4) is 0 Å². The number of primary amides is 1. The Morgan fingerprint density at radius 3 is 2.48 bits per heavy atom. The number of fused-ring (bicyclic) bond motifs is 1. The van der Waals surface area contributed by atoms with Gasteiger partial charge in [0.15, 0.2) is 0 Å². The van der Waals surface area contributed by atoms with E-state index in [-0.39, 0.29) is 12.8 Å². The molecule has 0 fully saturated rings. The fourth-order valence-electron chi connectivity index (χ4n) is 2.22. The van der Waals surface area contributed by atoms with Gasteiger partial charge in [-0.25, -0.2) is 0 Å². The van der Waals surface area contributed by atoms with E-state index in [1.807, 2.05) is 30.3 Å². The van der Waals surface area contributed by atoms with Crippen LogP contribution in [0.25, 0.3) is 10.8 Å². The molecule has 3 N–H and O–H groups in total. The minimum absolute atomic E-state index is 0.00209. The maximum absolute atomic E-state index is 12.3. The highest BCUT2D eigenvalue weighted by Crippen LogP contribution is 2.15. The van der Waals surface area contributed by atoms with Crippen LogP contribution < -0.4 is 11.1 Å². The Morgan fingerprint density at radius 1 is 1.13 bits per heavy atom. The maximum Gasteiger partial charge on any atom is 0.305 e. The van der Waals surface area contributed by atoms with Crippen LogP contribution in [0.2, 0.25) is 0 Å². The third kappa shape index (κ3) is 4.29. The van der Waals surface area contributed by atoms with Crippen molar-refractivity contribution < 1.29 is 19.1 Å². The fraction of sp³-hybridized carbons (Fsp3) is 0.235. The quantitative estimate of drug-likeness (QED) is 0.787. The van der Waals surface area contributed by atoms with E-state index in [0.29, 0.717) is 5.56 Å². The Bertz CT molecular complexity index is 742. The van der Waals surface area contributed by atoms with E-state index in [1.165, 1.54) is 7.11 Å². The number of nitrogens with two attached hydrogens (primary N) is 1. The molecule has 0 aromatic heterocycles. The van der Waals surface area contributed by atoms with Crippen LogP contribution in [-0.4, -0.2) is 30.9 Å². The molecular formula is C17H18N2O4. The van der Waals surface area contributed by atoms with Gasteiger partial charge in [0, 0.05) is 12.0 Å². The van der Waals surface area contributed by atoms with E-state index in [9.17, 15) is 14.4 Å². The average Bonchev–Trinajstić information content (AvgIpc) is 2.57. The molecule has 0 aliphatic carbocycles. The smallest absolute Gasteiger partial charge is 0.305 e. The molecule has 6 nitrogen and oxygen atoms in total. The van der Waals surface area contributed by atoms with Crippen LogP contribution in [0.15, 0.2) is 42.5 Å². The molecule has 0 bridgehead atoms. The lowest BCUT2D eigenvalue weighted by Crippen LogP contribution is -2.44. The van der Waals surface area contributed by atoms with Crippen molar-refractivity contribution in [2.45, 2.75) is 18.9 Å². The molecule has 2 amide bonds. The van der Waals surface area contributed by atoms with Crippen molar-refractivity contribution in [3.63, 3.8) is 0 Å². The van der Waals surface area contributed by atoms with Gasteiger partial charge in [-0.2, -0.15) is 0 Å². The summed E-state index contributed by atoms with van der Waals surface area (Å²) in [5.74, 6) is -1.57.